The summed E-state index contributed by atoms with van der Waals surface area (Å²) < 4.78 is 41.1. The number of fused-ring (bicyclic) bond motifs is 1. The van der Waals surface area contributed by atoms with E-state index >= 15 is 0 Å². The number of aromatic nitrogens is 4. The molecule has 2 aromatic heterocycles. The number of alkyl halides is 3. The van der Waals surface area contributed by atoms with Gasteiger partial charge in [-0.2, -0.15) is 23.4 Å². The first-order valence-corrected chi connectivity index (χ1v) is 9.68. The Balaban J connectivity index is 1.53. The van der Waals surface area contributed by atoms with Gasteiger partial charge in [-0.3, -0.25) is 9.59 Å². The van der Waals surface area contributed by atoms with E-state index < -0.39 is 29.8 Å². The molecule has 0 fully saturated rings. The molecule has 2 heterocycles. The lowest BCUT2D eigenvalue weighted by Gasteiger charge is -2.09. The number of halogens is 4. The summed E-state index contributed by atoms with van der Waals surface area (Å²) in [6.07, 6.45) is -3.15. The molecule has 0 aliphatic heterocycles. The molecule has 0 radical (unpaired) electrons. The Morgan fingerprint density at radius 3 is 2.39 bits per heavy atom. The van der Waals surface area contributed by atoms with Gasteiger partial charge >= 0.3 is 6.18 Å². The molecule has 0 spiro atoms. The fourth-order valence-corrected chi connectivity index (χ4v) is 3.16. The lowest BCUT2D eigenvalue weighted by Crippen LogP contribution is -2.30. The average molecular weight is 492 g/mol. The Labute approximate surface area is 181 Å². The predicted molar refractivity (Wildman–Crippen MR) is 110 cm³/mol. The molecule has 0 atom stereocenters. The van der Waals surface area contributed by atoms with Crippen molar-refractivity contribution in [1.29, 1.82) is 0 Å². The van der Waals surface area contributed by atoms with Crippen LogP contribution in [-0.2, 0) is 17.5 Å². The van der Waals surface area contributed by atoms with E-state index in [1.165, 1.54) is 10.8 Å². The first kappa shape index (κ1) is 20.8. The molecule has 0 aliphatic carbocycles. The maximum atomic E-state index is 12.7. The normalized spacial score (nSPS) is 11.6. The number of anilines is 1. The molecule has 11 heteroatoms. The second-order valence-corrected chi connectivity index (χ2v) is 7.50. The number of carbonyl (C=O) groups excluding carboxylic acids is 1. The molecule has 158 valence electrons. The summed E-state index contributed by atoms with van der Waals surface area (Å²) in [6.45, 7) is -0.408. The fourth-order valence-electron chi connectivity index (χ4n) is 2.89. The van der Waals surface area contributed by atoms with Crippen LogP contribution in [0.4, 0.5) is 18.9 Å². The zero-order valence-corrected chi connectivity index (χ0v) is 17.2. The van der Waals surface area contributed by atoms with Gasteiger partial charge in [-0.15, -0.1) is 0 Å². The number of benzene rings is 2. The van der Waals surface area contributed by atoms with Crippen molar-refractivity contribution in [2.24, 2.45) is 0 Å². The van der Waals surface area contributed by atoms with Gasteiger partial charge in [0.25, 0.3) is 5.56 Å². The maximum absolute atomic E-state index is 12.7. The van der Waals surface area contributed by atoms with E-state index in [1.54, 1.807) is 6.07 Å². The average Bonchev–Trinajstić information content (AvgIpc) is 3.15. The van der Waals surface area contributed by atoms with Crippen LogP contribution in [0.1, 0.15) is 5.56 Å². The van der Waals surface area contributed by atoms with Crippen LogP contribution < -0.4 is 10.9 Å². The predicted octanol–water partition coefficient (Wildman–Crippen LogP) is 3.98. The van der Waals surface area contributed by atoms with Crippen molar-refractivity contribution in [1.82, 2.24) is 19.4 Å². The Morgan fingerprint density at radius 1 is 1.06 bits per heavy atom. The van der Waals surface area contributed by atoms with Crippen LogP contribution in [0.2, 0.25) is 0 Å². The Kier molecular flexibility index (Phi) is 5.36. The molecule has 0 saturated carbocycles. The van der Waals surface area contributed by atoms with E-state index in [4.69, 9.17) is 0 Å². The van der Waals surface area contributed by atoms with Crippen molar-refractivity contribution in [3.05, 3.63) is 81.3 Å². The topological polar surface area (TPSA) is 81.3 Å². The van der Waals surface area contributed by atoms with Gasteiger partial charge in [-0.25, -0.2) is 9.20 Å². The zero-order chi connectivity index (χ0) is 22.2. The summed E-state index contributed by atoms with van der Waals surface area (Å²) in [5.74, 6) is -0.605. The second-order valence-electron chi connectivity index (χ2n) is 6.58. The van der Waals surface area contributed by atoms with Crippen molar-refractivity contribution in [3.63, 3.8) is 0 Å². The number of rotatable bonds is 4. The van der Waals surface area contributed by atoms with Gasteiger partial charge in [0.2, 0.25) is 5.91 Å². The molecule has 0 unspecified atom stereocenters. The van der Waals surface area contributed by atoms with Gasteiger partial charge in [0.1, 0.15) is 18.4 Å². The summed E-state index contributed by atoms with van der Waals surface area (Å²) in [7, 11) is 0. The maximum Gasteiger partial charge on any atom is 0.416 e. The minimum Gasteiger partial charge on any atom is -0.324 e. The van der Waals surface area contributed by atoms with E-state index in [0.29, 0.717) is 5.69 Å². The van der Waals surface area contributed by atoms with Gasteiger partial charge in [-0.05, 0) is 42.5 Å². The zero-order valence-electron chi connectivity index (χ0n) is 15.6. The van der Waals surface area contributed by atoms with Crippen molar-refractivity contribution >= 4 is 33.0 Å². The first-order valence-electron chi connectivity index (χ1n) is 8.89. The molecular formula is C20H13BrF3N5O2. The summed E-state index contributed by atoms with van der Waals surface area (Å²) >= 11 is 3.36. The van der Waals surface area contributed by atoms with Crippen molar-refractivity contribution < 1.29 is 18.0 Å². The largest absolute Gasteiger partial charge is 0.416 e. The minimum atomic E-state index is -4.46. The van der Waals surface area contributed by atoms with Crippen LogP contribution in [-0.4, -0.2) is 25.3 Å². The number of nitrogens with one attached hydrogen (secondary N) is 1. The van der Waals surface area contributed by atoms with Gasteiger partial charge in [-0.1, -0.05) is 28.1 Å². The van der Waals surface area contributed by atoms with E-state index in [2.05, 4.69) is 31.4 Å². The minimum absolute atomic E-state index is 0.175. The number of carbonyl (C=O) groups is 1. The Hall–Kier alpha value is -3.47. The molecule has 0 aliphatic rings. The lowest BCUT2D eigenvalue weighted by molar-refractivity contribution is -0.137. The van der Waals surface area contributed by atoms with Crippen LogP contribution in [0.3, 0.4) is 0 Å². The van der Waals surface area contributed by atoms with Gasteiger partial charge < -0.3 is 5.32 Å². The van der Waals surface area contributed by atoms with Crippen molar-refractivity contribution in [2.75, 3.05) is 5.32 Å². The molecular weight excluding hydrogens is 479 g/mol. The van der Waals surface area contributed by atoms with E-state index in [9.17, 15) is 22.8 Å². The highest BCUT2D eigenvalue weighted by atomic mass is 79.9. The summed E-state index contributed by atoms with van der Waals surface area (Å²) in [5.41, 5.74) is 0.428. The fraction of sp³-hybridized carbons (Fsp3) is 0.100. The Morgan fingerprint density at radius 2 is 1.74 bits per heavy atom. The van der Waals surface area contributed by atoms with Crippen LogP contribution >= 0.6 is 15.9 Å². The van der Waals surface area contributed by atoms with Crippen LogP contribution in [0.15, 0.2) is 70.2 Å². The first-order chi connectivity index (χ1) is 14.7. The molecule has 31 heavy (non-hydrogen) atoms. The monoisotopic (exact) mass is 491 g/mol. The molecule has 1 N–H and O–H groups in total. The summed E-state index contributed by atoms with van der Waals surface area (Å²) in [5, 5.41) is 10.7. The van der Waals surface area contributed by atoms with Crippen LogP contribution in [0.5, 0.6) is 0 Å². The quantitative estimate of drug-likeness (QED) is 0.468. The van der Waals surface area contributed by atoms with Crippen LogP contribution in [0.25, 0.3) is 16.8 Å². The smallest absolute Gasteiger partial charge is 0.324 e. The highest BCUT2D eigenvalue weighted by Crippen LogP contribution is 2.29. The summed E-state index contributed by atoms with van der Waals surface area (Å²) in [6, 6.07) is 13.0. The second kappa shape index (κ2) is 7.99. The number of amides is 1. The van der Waals surface area contributed by atoms with Crippen molar-refractivity contribution in [2.45, 2.75) is 12.7 Å². The van der Waals surface area contributed by atoms with Gasteiger partial charge in [0.05, 0.1) is 11.3 Å². The molecule has 7 nitrogen and oxygen atoms in total. The van der Waals surface area contributed by atoms with E-state index in [1.807, 2.05) is 24.3 Å². The molecule has 4 rings (SSSR count). The molecule has 4 aromatic rings. The van der Waals surface area contributed by atoms with E-state index in [0.717, 1.165) is 39.0 Å². The van der Waals surface area contributed by atoms with Gasteiger partial charge in [0, 0.05) is 15.7 Å². The van der Waals surface area contributed by atoms with Gasteiger partial charge in [0.15, 0.2) is 0 Å². The number of nitrogens with zero attached hydrogens (tertiary/aromatic N) is 4. The Bertz CT molecular complexity index is 1310. The SMILES string of the molecule is O=C(Cn1ncn2nc(-c3ccc(Br)cc3)cc2c1=O)Nc1ccc(C(F)(F)F)cc1. The molecule has 0 saturated heterocycles. The third-order valence-electron chi connectivity index (χ3n) is 4.42. The lowest BCUT2D eigenvalue weighted by atomic mass is 10.1. The summed E-state index contributed by atoms with van der Waals surface area (Å²) in [4.78, 5) is 24.9. The number of hydrogen-bond acceptors (Lipinski definition) is 4. The number of hydrogen-bond donors (Lipinski definition) is 1. The third kappa shape index (κ3) is 4.50. The third-order valence-corrected chi connectivity index (χ3v) is 4.95. The highest BCUT2D eigenvalue weighted by Gasteiger charge is 2.30. The van der Waals surface area contributed by atoms with Crippen LogP contribution in [0, 0.1) is 0 Å². The van der Waals surface area contributed by atoms with E-state index in [-0.39, 0.29) is 11.2 Å². The highest BCUT2D eigenvalue weighted by molar-refractivity contribution is 9.10. The molecule has 2 aromatic carbocycles. The molecule has 1 amide bonds. The standard InChI is InChI=1S/C20H13BrF3N5O2/c21-14-5-1-12(2-6-14)16-9-17-19(31)28(25-11-29(17)27-16)10-18(30)26-15-7-3-13(4-8-15)20(22,23)24/h1-9,11H,10H2,(H,26,30). The van der Waals surface area contributed by atoms with Crippen molar-refractivity contribution in [3.8, 4) is 11.3 Å². The molecule has 0 bridgehead atoms.